The molecule has 4 rings (SSSR count). The van der Waals surface area contributed by atoms with Crippen LogP contribution in [0.4, 0.5) is 46.5 Å². The summed E-state index contributed by atoms with van der Waals surface area (Å²) in [5.41, 5.74) is 13.3. The number of benzene rings is 2. The molecule has 0 unspecified atom stereocenters. The molecule has 0 spiro atoms. The minimum Gasteiger partial charge on any atom is -0.293 e. The third-order valence-electron chi connectivity index (χ3n) is 9.05. The molecule has 0 aliphatic rings. The van der Waals surface area contributed by atoms with Gasteiger partial charge in [0, 0.05) is 32.4 Å². The van der Waals surface area contributed by atoms with Crippen molar-refractivity contribution in [2.24, 2.45) is 10.2 Å². The lowest BCUT2D eigenvalue weighted by atomic mass is 10.0. The molecule has 0 amide bonds. The second kappa shape index (κ2) is 21.5. The minimum absolute atomic E-state index is 0.233. The number of carbonyl (C=O) groups excluding carboxylic acids is 2. The Kier molecular flexibility index (Phi) is 16.8. The number of ketones is 2. The van der Waals surface area contributed by atoms with Gasteiger partial charge in [0.05, 0.1) is 20.9 Å². The van der Waals surface area contributed by atoms with Gasteiger partial charge in [0.1, 0.15) is 11.4 Å². The summed E-state index contributed by atoms with van der Waals surface area (Å²) in [7, 11) is 0. The van der Waals surface area contributed by atoms with E-state index in [1.807, 2.05) is 13.8 Å². The van der Waals surface area contributed by atoms with Crippen molar-refractivity contribution in [3.63, 3.8) is 0 Å². The van der Waals surface area contributed by atoms with E-state index in [9.17, 15) is 44.7 Å². The van der Waals surface area contributed by atoms with Crippen LogP contribution in [0.3, 0.4) is 0 Å². The third-order valence-corrected chi connectivity index (χ3v) is 11.4. The largest absolute Gasteiger partial charge is 0.293 e. The van der Waals surface area contributed by atoms with Crippen molar-refractivity contribution < 1.29 is 44.7 Å². The Hall–Kier alpha value is -5.28. The number of hydrogen-bond donors (Lipinski definition) is 0. The molecule has 306 valence electrons. The van der Waals surface area contributed by atoms with E-state index in [1.165, 1.54) is 12.2 Å². The fraction of sp³-hybridized carbons (Fsp3) is 0.350. The number of carbonyl (C=O) groups is 2. The first kappa shape index (κ1) is 45.4. The fourth-order valence-electron chi connectivity index (χ4n) is 5.94. The molecular weight excluding hydrogens is 813 g/mol. The first-order valence-corrected chi connectivity index (χ1v) is 19.9. The highest BCUT2D eigenvalue weighted by atomic mass is 32.1. The minimum atomic E-state index is -1.87. The van der Waals surface area contributed by atoms with E-state index in [4.69, 9.17) is 11.1 Å². The van der Waals surface area contributed by atoms with E-state index in [0.29, 0.717) is 46.6 Å². The fourth-order valence-corrected chi connectivity index (χ4v) is 8.11. The van der Waals surface area contributed by atoms with Gasteiger partial charge in [-0.1, -0.05) is 62.6 Å². The van der Waals surface area contributed by atoms with Crippen molar-refractivity contribution in [3.05, 3.63) is 121 Å². The predicted molar refractivity (Wildman–Crippen MR) is 210 cm³/mol. The summed E-state index contributed by atoms with van der Waals surface area (Å²) in [5, 5.41) is 5.38. The molecule has 0 fully saturated rings. The van der Waals surface area contributed by atoms with Gasteiger partial charge in [-0.25, -0.2) is 35.1 Å². The average molecular weight is 849 g/mol. The second-order valence-electron chi connectivity index (χ2n) is 13.0. The van der Waals surface area contributed by atoms with Gasteiger partial charge in [-0.15, -0.1) is 22.7 Å². The van der Waals surface area contributed by atoms with E-state index < -0.39 is 80.6 Å². The van der Waals surface area contributed by atoms with Gasteiger partial charge in [-0.2, -0.15) is 0 Å². The summed E-state index contributed by atoms with van der Waals surface area (Å²) in [6.45, 7) is 4.05. The highest BCUT2D eigenvalue weighted by Gasteiger charge is 2.25. The van der Waals surface area contributed by atoms with Crippen molar-refractivity contribution >= 4 is 69.9 Å². The number of thiophene rings is 2. The maximum atomic E-state index is 14.7. The number of aryl methyl sites for hydroxylation is 2. The maximum Gasteiger partial charge on any atom is 0.173 e. The zero-order valence-electron chi connectivity index (χ0n) is 31.3. The topological polar surface area (TPSA) is 132 Å². The molecule has 58 heavy (non-hydrogen) atoms. The van der Waals surface area contributed by atoms with Gasteiger partial charge in [-0.05, 0) is 84.3 Å². The molecule has 0 saturated heterocycles. The van der Waals surface area contributed by atoms with Gasteiger partial charge >= 0.3 is 0 Å². The van der Waals surface area contributed by atoms with Crippen LogP contribution in [0.5, 0.6) is 0 Å². The molecule has 2 heterocycles. The third kappa shape index (κ3) is 10.8. The smallest absolute Gasteiger partial charge is 0.173 e. The molecule has 0 bridgehead atoms. The molecule has 0 aliphatic heterocycles. The quantitative estimate of drug-likeness (QED) is 0.0157. The van der Waals surface area contributed by atoms with E-state index in [2.05, 4.69) is 20.1 Å². The molecule has 18 heteroatoms. The average Bonchev–Trinajstić information content (AvgIpc) is 3.82. The molecular formula is C40H36F8N6O2S2. The van der Waals surface area contributed by atoms with Crippen molar-refractivity contribution in [1.82, 2.24) is 0 Å². The molecule has 0 N–H and O–H groups in total. The van der Waals surface area contributed by atoms with E-state index in [1.54, 1.807) is 12.1 Å². The summed E-state index contributed by atoms with van der Waals surface area (Å²) in [5.74, 6) is -15.4. The molecule has 2 aromatic carbocycles. The van der Waals surface area contributed by atoms with E-state index in [-0.39, 0.29) is 22.6 Å². The van der Waals surface area contributed by atoms with Crippen LogP contribution >= 0.6 is 22.7 Å². The highest BCUT2D eigenvalue weighted by molar-refractivity contribution is 7.15. The first-order chi connectivity index (χ1) is 27.8. The van der Waals surface area contributed by atoms with Crippen LogP contribution in [-0.2, 0) is 12.8 Å². The Balaban J connectivity index is 1.59. The van der Waals surface area contributed by atoms with Crippen LogP contribution in [0.25, 0.3) is 45.2 Å². The zero-order valence-corrected chi connectivity index (χ0v) is 32.9. The van der Waals surface area contributed by atoms with Crippen LogP contribution in [0.2, 0.25) is 0 Å². The Labute approximate surface area is 336 Å². The molecule has 0 aliphatic carbocycles. The lowest BCUT2D eigenvalue weighted by Crippen LogP contribution is -2.02. The summed E-state index contributed by atoms with van der Waals surface area (Å²) in [6.07, 6.45) is 11.5. The lowest BCUT2D eigenvalue weighted by molar-refractivity contribution is 0.0921. The molecule has 4 aromatic rings. The number of hydrogen-bond acceptors (Lipinski definition) is 6. The Morgan fingerprint density at radius 2 is 0.897 bits per heavy atom. The van der Waals surface area contributed by atoms with Crippen LogP contribution in [0.1, 0.15) is 129 Å². The monoisotopic (exact) mass is 848 g/mol. The lowest BCUT2D eigenvalue weighted by Gasteiger charge is -2.06. The number of unbranched alkanes of at least 4 members (excludes halogenated alkanes) is 6. The van der Waals surface area contributed by atoms with Crippen LogP contribution in [-0.4, -0.2) is 11.6 Å². The first-order valence-electron chi connectivity index (χ1n) is 18.3. The Morgan fingerprint density at radius 1 is 0.552 bits per heavy atom. The molecule has 0 radical (unpaired) electrons. The number of rotatable bonds is 21. The van der Waals surface area contributed by atoms with Gasteiger partial charge in [0.25, 0.3) is 0 Å². The van der Waals surface area contributed by atoms with Gasteiger partial charge in [-0.3, -0.25) is 9.59 Å². The molecule has 8 nitrogen and oxygen atoms in total. The zero-order chi connectivity index (χ0) is 42.5. The van der Waals surface area contributed by atoms with Crippen LogP contribution < -0.4 is 0 Å². The van der Waals surface area contributed by atoms with Crippen molar-refractivity contribution in [2.75, 3.05) is 0 Å². The van der Waals surface area contributed by atoms with Gasteiger partial charge < -0.3 is 0 Å². The summed E-state index contributed by atoms with van der Waals surface area (Å²) >= 11 is 1.94. The Bertz CT molecular complexity index is 2120. The number of halogens is 8. The molecule has 0 atom stereocenters. The van der Waals surface area contributed by atoms with Crippen molar-refractivity contribution in [3.8, 4) is 0 Å². The van der Waals surface area contributed by atoms with Crippen molar-refractivity contribution in [2.45, 2.75) is 90.9 Å². The van der Waals surface area contributed by atoms with Crippen LogP contribution in [0, 0.1) is 46.5 Å². The standard InChI is InChI=1S/C40H36F8N6O2S2/c1-3-5-7-9-11-21-19-29(57-27(21)17-13-23-31(41)35(45)39(51-53-49)36(46)32(23)42)25(55)15-16-26(56)30-20-22(12-10-8-6-4-2)28(58-30)18-14-24-33(43)37(47)40(52-54-50)38(48)34(24)44/h13-14,17-20H,3-12,15-16H2,1-2H3/b17-13+,18-14+. The molecule has 0 saturated carbocycles. The van der Waals surface area contributed by atoms with E-state index >= 15 is 0 Å². The summed E-state index contributed by atoms with van der Waals surface area (Å²) in [4.78, 5) is 32.5. The molecule has 2 aromatic heterocycles. The normalized spacial score (nSPS) is 11.4. The van der Waals surface area contributed by atoms with E-state index in [0.717, 1.165) is 73.4 Å². The SMILES string of the molecule is CCCCCCc1cc(C(=O)CCC(=O)c2cc(CCCCCC)c(/C=C/c3c(F)c(F)c(N=[N+]=[N-])c(F)c3F)s2)sc1/C=C/c1c(F)c(F)c(N=[N+]=[N-])c(F)c1F. The van der Waals surface area contributed by atoms with Crippen molar-refractivity contribution in [1.29, 1.82) is 0 Å². The Morgan fingerprint density at radius 3 is 1.21 bits per heavy atom. The summed E-state index contributed by atoms with van der Waals surface area (Å²) in [6, 6.07) is 3.21. The maximum absolute atomic E-state index is 14.7. The van der Waals surface area contributed by atoms with Gasteiger partial charge in [0.2, 0.25) is 0 Å². The number of nitrogens with zero attached hydrogens (tertiary/aromatic N) is 6. The summed E-state index contributed by atoms with van der Waals surface area (Å²) < 4.78 is 117. The van der Waals surface area contributed by atoms with Crippen LogP contribution in [0.15, 0.2) is 22.4 Å². The highest BCUT2D eigenvalue weighted by Crippen LogP contribution is 2.35. The second-order valence-corrected chi connectivity index (χ2v) is 15.2. The van der Waals surface area contributed by atoms with Gasteiger partial charge in [0.15, 0.2) is 58.1 Å². The number of azide groups is 2. The predicted octanol–water partition coefficient (Wildman–Crippen LogP) is 15.2. The number of Topliss-reactive ketones (excluding diaryl/α,β-unsaturated/α-hetero) is 2.